The van der Waals surface area contributed by atoms with Crippen LogP contribution in [0.15, 0.2) is 267 Å². The summed E-state index contributed by atoms with van der Waals surface area (Å²) in [6.07, 6.45) is 0. The lowest BCUT2D eigenvalue weighted by Crippen LogP contribution is -1.95. The first kappa shape index (κ1) is 39.9. The standard InChI is InChI=1S/C68H44N2/c1-5-21-45(22-6-1)47-41-42-50(46-23-7-2-8-24-46)61(43-47)66-55-33-17-31-51(53-35-19-39-64-67(53)57-29-13-15-37-62(57)69(64)48-25-9-3-10-26-48)59(55)44-60-52(32-18-34-56(60)66)54-36-20-40-65-68(54)58-30-14-16-38-63(58)70(65)49-27-11-4-12-28-49/h1-44H. The van der Waals surface area contributed by atoms with Gasteiger partial charge in [0, 0.05) is 32.9 Å². The first-order valence-corrected chi connectivity index (χ1v) is 24.2. The third-order valence-corrected chi connectivity index (χ3v) is 14.5. The van der Waals surface area contributed by atoms with Gasteiger partial charge in [0.2, 0.25) is 0 Å². The van der Waals surface area contributed by atoms with Crippen molar-refractivity contribution in [3.63, 3.8) is 0 Å². The van der Waals surface area contributed by atoms with Crippen LogP contribution in [0, 0.1) is 0 Å². The zero-order valence-electron chi connectivity index (χ0n) is 38.3. The lowest BCUT2D eigenvalue weighted by atomic mass is 9.82. The molecule has 0 fully saturated rings. The van der Waals surface area contributed by atoms with Crippen molar-refractivity contribution < 1.29 is 0 Å². The van der Waals surface area contributed by atoms with Gasteiger partial charge in [-0.15, -0.1) is 0 Å². The number of hydrogen-bond donors (Lipinski definition) is 0. The van der Waals surface area contributed by atoms with Crippen LogP contribution in [-0.2, 0) is 0 Å². The summed E-state index contributed by atoms with van der Waals surface area (Å²) in [7, 11) is 0. The molecule has 14 aromatic rings. The van der Waals surface area contributed by atoms with Gasteiger partial charge < -0.3 is 9.13 Å². The summed E-state index contributed by atoms with van der Waals surface area (Å²) >= 11 is 0. The second-order valence-corrected chi connectivity index (χ2v) is 18.3. The van der Waals surface area contributed by atoms with Gasteiger partial charge in [-0.2, -0.15) is 0 Å². The van der Waals surface area contributed by atoms with Gasteiger partial charge in [-0.1, -0.05) is 206 Å². The van der Waals surface area contributed by atoms with Gasteiger partial charge in [0.25, 0.3) is 0 Å². The number of fused-ring (bicyclic) bond motifs is 8. The fourth-order valence-corrected chi connectivity index (χ4v) is 11.6. The minimum atomic E-state index is 1.15. The van der Waals surface area contributed by atoms with E-state index in [1.54, 1.807) is 0 Å². The van der Waals surface area contributed by atoms with Gasteiger partial charge in [0.15, 0.2) is 0 Å². The van der Waals surface area contributed by atoms with E-state index < -0.39 is 0 Å². The molecule has 0 atom stereocenters. The Hall–Kier alpha value is -9.24. The quantitative estimate of drug-likeness (QED) is 0.141. The molecule has 14 rings (SSSR count). The molecule has 0 unspecified atom stereocenters. The fourth-order valence-electron chi connectivity index (χ4n) is 11.6. The molecule has 0 bridgehead atoms. The average molecular weight is 889 g/mol. The summed E-state index contributed by atoms with van der Waals surface area (Å²) in [5, 5.41) is 9.82. The number of rotatable bonds is 7. The lowest BCUT2D eigenvalue weighted by molar-refractivity contribution is 1.18. The Bertz CT molecular complexity index is 4100. The molecule has 0 aliphatic carbocycles. The minimum Gasteiger partial charge on any atom is -0.309 e. The lowest BCUT2D eigenvalue weighted by Gasteiger charge is -2.21. The molecular weight excluding hydrogens is 845 g/mol. The smallest absolute Gasteiger partial charge is 0.0547 e. The number of aromatic nitrogens is 2. The second kappa shape index (κ2) is 16.2. The van der Waals surface area contributed by atoms with E-state index in [0.29, 0.717) is 0 Å². The highest BCUT2D eigenvalue weighted by molar-refractivity contribution is 6.25. The Morgan fingerprint density at radius 1 is 0.200 bits per heavy atom. The van der Waals surface area contributed by atoms with Crippen LogP contribution in [0.4, 0.5) is 0 Å². The predicted molar refractivity (Wildman–Crippen MR) is 297 cm³/mol. The molecule has 0 amide bonds. The van der Waals surface area contributed by atoms with Gasteiger partial charge in [0.05, 0.1) is 22.1 Å². The molecule has 0 saturated heterocycles. The fraction of sp³-hybridized carbons (Fsp3) is 0. The Morgan fingerprint density at radius 2 is 0.600 bits per heavy atom. The third kappa shape index (κ3) is 6.20. The van der Waals surface area contributed by atoms with Crippen molar-refractivity contribution in [1.82, 2.24) is 9.13 Å². The highest BCUT2D eigenvalue weighted by Gasteiger charge is 2.23. The predicted octanol–water partition coefficient (Wildman–Crippen LogP) is 18.5. The summed E-state index contributed by atoms with van der Waals surface area (Å²) in [5.74, 6) is 0. The van der Waals surface area contributed by atoms with Crippen molar-refractivity contribution in [1.29, 1.82) is 0 Å². The van der Waals surface area contributed by atoms with Crippen molar-refractivity contribution in [2.24, 2.45) is 0 Å². The normalized spacial score (nSPS) is 11.7. The molecular formula is C68H44N2. The van der Waals surface area contributed by atoms with E-state index in [1.165, 1.54) is 121 Å². The third-order valence-electron chi connectivity index (χ3n) is 14.5. The highest BCUT2D eigenvalue weighted by Crippen LogP contribution is 2.49. The van der Waals surface area contributed by atoms with E-state index >= 15 is 0 Å². The number of para-hydroxylation sites is 4. The summed E-state index contributed by atoms with van der Waals surface area (Å²) in [6, 6.07) is 98.2. The van der Waals surface area contributed by atoms with Crippen LogP contribution < -0.4 is 0 Å². The van der Waals surface area contributed by atoms with Crippen LogP contribution in [0.3, 0.4) is 0 Å². The molecule has 2 heterocycles. The van der Waals surface area contributed by atoms with E-state index in [0.717, 1.165) is 11.4 Å². The van der Waals surface area contributed by atoms with Gasteiger partial charge in [-0.3, -0.25) is 0 Å². The molecule has 12 aromatic carbocycles. The monoisotopic (exact) mass is 888 g/mol. The van der Waals surface area contributed by atoms with E-state index in [4.69, 9.17) is 0 Å². The number of benzene rings is 12. The first-order valence-electron chi connectivity index (χ1n) is 24.2. The van der Waals surface area contributed by atoms with E-state index in [9.17, 15) is 0 Å². The maximum absolute atomic E-state index is 2.51. The maximum atomic E-state index is 2.51. The molecule has 0 spiro atoms. The molecule has 0 N–H and O–H groups in total. The second-order valence-electron chi connectivity index (χ2n) is 18.3. The summed E-state index contributed by atoms with van der Waals surface area (Å²) in [6.45, 7) is 0. The Kier molecular flexibility index (Phi) is 9.25. The molecule has 0 saturated carbocycles. The Labute approximate surface area is 406 Å². The number of nitrogens with zero attached hydrogens (tertiary/aromatic N) is 2. The van der Waals surface area contributed by atoms with Crippen LogP contribution in [-0.4, -0.2) is 9.13 Å². The average Bonchev–Trinajstić information content (AvgIpc) is 3.96. The van der Waals surface area contributed by atoms with Gasteiger partial charge in [-0.05, 0) is 138 Å². The van der Waals surface area contributed by atoms with Gasteiger partial charge in [-0.25, -0.2) is 0 Å². The van der Waals surface area contributed by atoms with Crippen LogP contribution in [0.25, 0.3) is 132 Å². The first-order chi connectivity index (χ1) is 34.8. The molecule has 2 nitrogen and oxygen atoms in total. The Balaban J connectivity index is 1.14. The molecule has 70 heavy (non-hydrogen) atoms. The number of hydrogen-bond acceptors (Lipinski definition) is 0. The van der Waals surface area contributed by atoms with Crippen LogP contribution in [0.5, 0.6) is 0 Å². The van der Waals surface area contributed by atoms with Crippen molar-refractivity contribution in [3.05, 3.63) is 267 Å². The zero-order chi connectivity index (χ0) is 46.1. The summed E-state index contributed by atoms with van der Waals surface area (Å²) in [4.78, 5) is 0. The summed E-state index contributed by atoms with van der Waals surface area (Å²) < 4.78 is 4.85. The van der Waals surface area contributed by atoms with E-state index in [-0.39, 0.29) is 0 Å². The van der Waals surface area contributed by atoms with Crippen molar-refractivity contribution >= 4 is 65.2 Å². The van der Waals surface area contributed by atoms with Crippen LogP contribution >= 0.6 is 0 Å². The van der Waals surface area contributed by atoms with Crippen molar-refractivity contribution in [2.75, 3.05) is 0 Å². The topological polar surface area (TPSA) is 9.86 Å². The van der Waals surface area contributed by atoms with Crippen LogP contribution in [0.1, 0.15) is 0 Å². The van der Waals surface area contributed by atoms with E-state index in [2.05, 4.69) is 276 Å². The molecule has 326 valence electrons. The molecule has 0 aliphatic heterocycles. The molecule has 2 heteroatoms. The van der Waals surface area contributed by atoms with E-state index in [1.807, 2.05) is 0 Å². The van der Waals surface area contributed by atoms with Crippen LogP contribution in [0.2, 0.25) is 0 Å². The van der Waals surface area contributed by atoms with Crippen molar-refractivity contribution in [3.8, 4) is 67.0 Å². The Morgan fingerprint density at radius 3 is 1.11 bits per heavy atom. The van der Waals surface area contributed by atoms with Crippen molar-refractivity contribution in [2.45, 2.75) is 0 Å². The SMILES string of the molecule is c1ccc(-c2ccc(-c3ccccc3)c(-c3c4cccc(-c5cccc6c5c5ccccc5n6-c5ccccc5)c4cc4c(-c5cccc6c5c5ccccc5n6-c5ccccc5)cccc34)c2)cc1. The van der Waals surface area contributed by atoms with Gasteiger partial charge in [0.1, 0.15) is 0 Å². The van der Waals surface area contributed by atoms with Gasteiger partial charge >= 0.3 is 0 Å². The molecule has 0 radical (unpaired) electrons. The largest absolute Gasteiger partial charge is 0.309 e. The summed E-state index contributed by atoms with van der Waals surface area (Å²) in [5.41, 5.74) is 19.1. The molecule has 2 aromatic heterocycles. The maximum Gasteiger partial charge on any atom is 0.0547 e. The zero-order valence-corrected chi connectivity index (χ0v) is 38.3. The molecule has 0 aliphatic rings. The highest BCUT2D eigenvalue weighted by atomic mass is 15.0. The minimum absolute atomic E-state index is 1.15.